The number of nitrogens with two attached hydrogens (primary N) is 1. The molecule has 0 radical (unpaired) electrons. The molecule has 20 heavy (non-hydrogen) atoms. The molecule has 3 N–H and O–H groups in total. The van der Waals surface area contributed by atoms with Crippen molar-refractivity contribution in [1.29, 1.82) is 0 Å². The van der Waals surface area contributed by atoms with Gasteiger partial charge in [0, 0.05) is 25.1 Å². The number of unbranched alkanes of at least 4 members (excludes halogenated alkanes) is 1. The van der Waals surface area contributed by atoms with Gasteiger partial charge in [-0.3, -0.25) is 0 Å². The van der Waals surface area contributed by atoms with Crippen molar-refractivity contribution in [1.82, 2.24) is 9.97 Å². The third-order valence-electron chi connectivity index (χ3n) is 3.55. The average molecular weight is 279 g/mol. The van der Waals surface area contributed by atoms with E-state index < -0.39 is 0 Å². The first-order chi connectivity index (χ1) is 9.65. The van der Waals surface area contributed by atoms with Crippen molar-refractivity contribution in [3.63, 3.8) is 0 Å². The Morgan fingerprint density at radius 2 is 2.00 bits per heavy atom. The monoisotopic (exact) mass is 279 g/mol. The van der Waals surface area contributed by atoms with Crippen LogP contribution < -0.4 is 16.2 Å². The number of hydrazine groups is 1. The molecule has 0 amide bonds. The van der Waals surface area contributed by atoms with E-state index in [4.69, 9.17) is 10.8 Å². The lowest BCUT2D eigenvalue weighted by Crippen LogP contribution is -2.34. The molecule has 0 aliphatic heterocycles. The third kappa shape index (κ3) is 4.63. The Bertz CT molecular complexity index is 394. The zero-order chi connectivity index (χ0) is 15.0. The Morgan fingerprint density at radius 1 is 1.25 bits per heavy atom. The maximum Gasteiger partial charge on any atom is 0.145 e. The quantitative estimate of drug-likeness (QED) is 0.537. The molecule has 1 atom stereocenters. The van der Waals surface area contributed by atoms with Crippen molar-refractivity contribution in [2.75, 3.05) is 16.9 Å². The highest BCUT2D eigenvalue weighted by molar-refractivity contribution is 5.49. The lowest BCUT2D eigenvalue weighted by atomic mass is 10.2. The Hall–Kier alpha value is -1.36. The van der Waals surface area contributed by atoms with E-state index in [1.54, 1.807) is 0 Å². The Morgan fingerprint density at radius 3 is 2.55 bits per heavy atom. The van der Waals surface area contributed by atoms with Crippen LogP contribution in [0.5, 0.6) is 0 Å². The summed E-state index contributed by atoms with van der Waals surface area (Å²) in [4.78, 5) is 11.5. The second-order valence-corrected chi connectivity index (χ2v) is 5.23. The summed E-state index contributed by atoms with van der Waals surface area (Å²) in [5.41, 5.74) is 2.66. The lowest BCUT2D eigenvalue weighted by molar-refractivity contribution is 0.587. The molecule has 0 bridgehead atoms. The molecule has 0 fully saturated rings. The van der Waals surface area contributed by atoms with Gasteiger partial charge >= 0.3 is 0 Å². The van der Waals surface area contributed by atoms with E-state index in [-0.39, 0.29) is 0 Å². The van der Waals surface area contributed by atoms with E-state index in [1.807, 2.05) is 6.07 Å². The molecule has 1 unspecified atom stereocenters. The predicted octanol–water partition coefficient (Wildman–Crippen LogP) is 3.12. The van der Waals surface area contributed by atoms with Crippen LogP contribution in [-0.2, 0) is 6.42 Å². The van der Waals surface area contributed by atoms with Crippen LogP contribution in [0.1, 0.15) is 59.2 Å². The van der Waals surface area contributed by atoms with Crippen LogP contribution in [0.15, 0.2) is 6.07 Å². The molecule has 114 valence electrons. The smallest absolute Gasteiger partial charge is 0.145 e. The molecule has 0 saturated carbocycles. The Labute approximate surface area is 123 Å². The van der Waals surface area contributed by atoms with Gasteiger partial charge in [0.2, 0.25) is 0 Å². The molecular formula is C15H29N5. The molecule has 0 aliphatic carbocycles. The van der Waals surface area contributed by atoms with Gasteiger partial charge in [-0.25, -0.2) is 15.8 Å². The zero-order valence-electron chi connectivity index (χ0n) is 13.3. The molecule has 0 spiro atoms. The first-order valence-electron chi connectivity index (χ1n) is 7.77. The fourth-order valence-electron chi connectivity index (χ4n) is 2.15. The SMILES string of the molecule is CCCCN(c1cc(NN)nc(CCC)n1)C(C)CC. The van der Waals surface area contributed by atoms with Crippen LogP contribution in [0, 0.1) is 0 Å². The van der Waals surface area contributed by atoms with E-state index in [0.29, 0.717) is 11.9 Å². The van der Waals surface area contributed by atoms with E-state index in [2.05, 4.69) is 43.0 Å². The number of aryl methyl sites for hydroxylation is 1. The molecule has 1 rings (SSSR count). The van der Waals surface area contributed by atoms with Gasteiger partial charge in [-0.1, -0.05) is 27.2 Å². The summed E-state index contributed by atoms with van der Waals surface area (Å²) < 4.78 is 0. The highest BCUT2D eigenvalue weighted by atomic mass is 15.3. The summed E-state index contributed by atoms with van der Waals surface area (Å²) in [6.45, 7) is 9.82. The van der Waals surface area contributed by atoms with Crippen LogP contribution in [0.4, 0.5) is 11.6 Å². The number of nitrogen functional groups attached to an aromatic ring is 1. The van der Waals surface area contributed by atoms with Gasteiger partial charge in [-0.2, -0.15) is 0 Å². The predicted molar refractivity (Wildman–Crippen MR) is 85.8 cm³/mol. The number of rotatable bonds is 9. The van der Waals surface area contributed by atoms with E-state index in [0.717, 1.165) is 37.4 Å². The van der Waals surface area contributed by atoms with Crippen LogP contribution in [0.2, 0.25) is 0 Å². The summed E-state index contributed by atoms with van der Waals surface area (Å²) in [5.74, 6) is 8.08. The van der Waals surface area contributed by atoms with Crippen molar-refractivity contribution >= 4 is 11.6 Å². The van der Waals surface area contributed by atoms with E-state index in [9.17, 15) is 0 Å². The van der Waals surface area contributed by atoms with Crippen LogP contribution in [0.3, 0.4) is 0 Å². The summed E-state index contributed by atoms with van der Waals surface area (Å²) in [7, 11) is 0. The molecule has 0 aromatic carbocycles. The summed E-state index contributed by atoms with van der Waals surface area (Å²) >= 11 is 0. The lowest BCUT2D eigenvalue weighted by Gasteiger charge is -2.30. The second kappa shape index (κ2) is 8.74. The molecule has 5 heteroatoms. The zero-order valence-corrected chi connectivity index (χ0v) is 13.3. The van der Waals surface area contributed by atoms with Crippen molar-refractivity contribution in [3.05, 3.63) is 11.9 Å². The highest BCUT2D eigenvalue weighted by Crippen LogP contribution is 2.20. The molecule has 0 aliphatic rings. The fourth-order valence-corrected chi connectivity index (χ4v) is 2.15. The van der Waals surface area contributed by atoms with Gasteiger partial charge in [0.25, 0.3) is 0 Å². The topological polar surface area (TPSA) is 67.1 Å². The van der Waals surface area contributed by atoms with Gasteiger partial charge in [0.1, 0.15) is 17.5 Å². The third-order valence-corrected chi connectivity index (χ3v) is 3.55. The molecular weight excluding hydrogens is 250 g/mol. The molecule has 1 aromatic heterocycles. The van der Waals surface area contributed by atoms with E-state index in [1.165, 1.54) is 12.8 Å². The van der Waals surface area contributed by atoms with Crippen LogP contribution >= 0.6 is 0 Å². The van der Waals surface area contributed by atoms with Crippen LogP contribution in [-0.4, -0.2) is 22.6 Å². The Kier molecular flexibility index (Phi) is 7.30. The summed E-state index contributed by atoms with van der Waals surface area (Å²) in [6.07, 6.45) is 5.36. The van der Waals surface area contributed by atoms with Crippen LogP contribution in [0.25, 0.3) is 0 Å². The van der Waals surface area contributed by atoms with Gasteiger partial charge in [0.05, 0.1) is 0 Å². The number of aromatic nitrogens is 2. The number of anilines is 2. The highest BCUT2D eigenvalue weighted by Gasteiger charge is 2.16. The van der Waals surface area contributed by atoms with Crippen molar-refractivity contribution in [2.45, 2.75) is 65.8 Å². The molecule has 1 aromatic rings. The maximum atomic E-state index is 5.53. The minimum atomic E-state index is 0.469. The summed E-state index contributed by atoms with van der Waals surface area (Å²) in [5, 5.41) is 0. The minimum absolute atomic E-state index is 0.469. The summed E-state index contributed by atoms with van der Waals surface area (Å²) in [6, 6.07) is 2.41. The number of hydrogen-bond donors (Lipinski definition) is 2. The molecule has 1 heterocycles. The number of hydrogen-bond acceptors (Lipinski definition) is 5. The normalized spacial score (nSPS) is 12.2. The van der Waals surface area contributed by atoms with Crippen molar-refractivity contribution < 1.29 is 0 Å². The molecule has 0 saturated heterocycles. The average Bonchev–Trinajstić information content (AvgIpc) is 2.47. The number of nitrogens with one attached hydrogen (secondary N) is 1. The van der Waals surface area contributed by atoms with Gasteiger partial charge in [-0.15, -0.1) is 0 Å². The first kappa shape index (κ1) is 16.7. The fraction of sp³-hybridized carbons (Fsp3) is 0.733. The van der Waals surface area contributed by atoms with Gasteiger partial charge in [-0.05, 0) is 26.2 Å². The standard InChI is InChI=1S/C15H29N5/c1-5-8-10-20(12(4)7-3)15-11-14(19-16)17-13(18-15)9-6-2/h11-12H,5-10,16H2,1-4H3,(H,17,18,19). The van der Waals surface area contributed by atoms with Crippen molar-refractivity contribution in [2.24, 2.45) is 5.84 Å². The first-order valence-corrected chi connectivity index (χ1v) is 7.77. The minimum Gasteiger partial charge on any atom is -0.354 e. The van der Waals surface area contributed by atoms with Gasteiger partial charge < -0.3 is 10.3 Å². The maximum absolute atomic E-state index is 5.53. The van der Waals surface area contributed by atoms with Crippen molar-refractivity contribution in [3.8, 4) is 0 Å². The molecule has 5 nitrogen and oxygen atoms in total. The largest absolute Gasteiger partial charge is 0.354 e. The number of nitrogens with zero attached hydrogens (tertiary/aromatic N) is 3. The second-order valence-electron chi connectivity index (χ2n) is 5.23. The Balaban J connectivity index is 3.06. The van der Waals surface area contributed by atoms with Gasteiger partial charge in [0.15, 0.2) is 0 Å². The van der Waals surface area contributed by atoms with E-state index >= 15 is 0 Å².